The van der Waals surface area contributed by atoms with Gasteiger partial charge in [-0.2, -0.15) is 0 Å². The summed E-state index contributed by atoms with van der Waals surface area (Å²) in [5.41, 5.74) is 0. The van der Waals surface area contributed by atoms with Gasteiger partial charge in [0, 0.05) is 20.2 Å². The molecular formula is C11H22N2O4. The highest BCUT2D eigenvalue weighted by molar-refractivity contribution is 5.82. The Labute approximate surface area is 102 Å². The molecule has 0 radical (unpaired) electrons. The molecule has 0 aliphatic carbocycles. The van der Waals surface area contributed by atoms with Crippen LogP contribution in [0.3, 0.4) is 0 Å². The monoisotopic (exact) mass is 246 g/mol. The van der Waals surface area contributed by atoms with E-state index in [1.807, 2.05) is 13.8 Å². The number of likely N-dealkylation sites (N-methyl/N-ethyl adjacent to an activating group) is 1. The van der Waals surface area contributed by atoms with Gasteiger partial charge in [-0.15, -0.1) is 0 Å². The second kappa shape index (κ2) is 8.81. The van der Waals surface area contributed by atoms with Crippen LogP contribution in [-0.4, -0.2) is 54.9 Å². The summed E-state index contributed by atoms with van der Waals surface area (Å²) in [4.78, 5) is 23.9. The van der Waals surface area contributed by atoms with E-state index in [4.69, 9.17) is 9.84 Å². The summed E-state index contributed by atoms with van der Waals surface area (Å²) >= 11 is 0. The first-order valence-electron chi connectivity index (χ1n) is 5.85. The predicted octanol–water partition coefficient (Wildman–Crippen LogP) is 0.918. The molecule has 0 aromatic carbocycles. The van der Waals surface area contributed by atoms with Crippen molar-refractivity contribution in [1.82, 2.24) is 10.2 Å². The zero-order chi connectivity index (χ0) is 13.3. The van der Waals surface area contributed by atoms with Crippen molar-refractivity contribution in [1.29, 1.82) is 0 Å². The Morgan fingerprint density at radius 3 is 2.53 bits per heavy atom. The Morgan fingerprint density at radius 2 is 2.06 bits per heavy atom. The van der Waals surface area contributed by atoms with Crippen LogP contribution in [0.15, 0.2) is 0 Å². The maximum Gasteiger partial charge on any atom is 0.326 e. The minimum Gasteiger partial charge on any atom is -0.480 e. The van der Waals surface area contributed by atoms with Crippen LogP contribution in [0.2, 0.25) is 0 Å². The molecule has 0 aliphatic rings. The summed E-state index contributed by atoms with van der Waals surface area (Å²) in [5, 5.41) is 11.4. The summed E-state index contributed by atoms with van der Waals surface area (Å²) in [6.45, 7) is 5.25. The van der Waals surface area contributed by atoms with Crippen molar-refractivity contribution in [3.8, 4) is 0 Å². The van der Waals surface area contributed by atoms with Gasteiger partial charge in [0.05, 0.1) is 6.61 Å². The highest BCUT2D eigenvalue weighted by Crippen LogP contribution is 1.98. The molecule has 0 saturated heterocycles. The summed E-state index contributed by atoms with van der Waals surface area (Å²) in [6, 6.07) is -1.20. The number of rotatable bonds is 8. The van der Waals surface area contributed by atoms with Crippen molar-refractivity contribution < 1.29 is 19.4 Å². The van der Waals surface area contributed by atoms with Crippen LogP contribution in [0.4, 0.5) is 4.79 Å². The number of aliphatic carboxylic acids is 1. The number of nitrogens with one attached hydrogen (secondary N) is 1. The first-order valence-corrected chi connectivity index (χ1v) is 5.85. The summed E-state index contributed by atoms with van der Waals surface area (Å²) in [7, 11) is 1.61. The Morgan fingerprint density at radius 1 is 1.41 bits per heavy atom. The fraction of sp³-hybridized carbons (Fsp3) is 0.818. The molecule has 0 heterocycles. The van der Waals surface area contributed by atoms with E-state index in [2.05, 4.69) is 5.32 Å². The molecule has 2 N–H and O–H groups in total. The maximum atomic E-state index is 11.6. The quantitative estimate of drug-likeness (QED) is 0.624. The van der Waals surface area contributed by atoms with E-state index in [9.17, 15) is 9.59 Å². The highest BCUT2D eigenvalue weighted by Gasteiger charge is 2.20. The fourth-order valence-corrected chi connectivity index (χ4v) is 1.25. The van der Waals surface area contributed by atoms with Gasteiger partial charge in [-0.05, 0) is 13.3 Å². The molecule has 0 bridgehead atoms. The lowest BCUT2D eigenvalue weighted by molar-refractivity contribution is -0.139. The number of hydrogen-bond acceptors (Lipinski definition) is 3. The number of amides is 2. The molecule has 0 spiro atoms. The average molecular weight is 246 g/mol. The first-order chi connectivity index (χ1) is 8.02. The third kappa shape index (κ3) is 6.78. The molecule has 0 unspecified atom stereocenters. The lowest BCUT2D eigenvalue weighted by Crippen LogP contribution is -2.47. The van der Waals surface area contributed by atoms with E-state index >= 15 is 0 Å². The molecule has 17 heavy (non-hydrogen) atoms. The minimum atomic E-state index is -1.00. The molecule has 2 amide bonds. The van der Waals surface area contributed by atoms with Crippen molar-refractivity contribution in [2.75, 3.05) is 26.8 Å². The molecule has 0 saturated carbocycles. The van der Waals surface area contributed by atoms with E-state index in [1.54, 1.807) is 7.05 Å². The molecule has 0 aliphatic heterocycles. The average Bonchev–Trinajstić information content (AvgIpc) is 2.28. The van der Waals surface area contributed by atoms with Gasteiger partial charge >= 0.3 is 12.0 Å². The second-order valence-corrected chi connectivity index (χ2v) is 3.75. The molecule has 1 atom stereocenters. The molecule has 0 aromatic rings. The van der Waals surface area contributed by atoms with Gasteiger partial charge in [0.25, 0.3) is 0 Å². The second-order valence-electron chi connectivity index (χ2n) is 3.75. The number of carbonyl (C=O) groups is 2. The minimum absolute atomic E-state index is 0.384. The normalized spacial score (nSPS) is 11.9. The lowest BCUT2D eigenvalue weighted by Gasteiger charge is -2.21. The molecular weight excluding hydrogens is 224 g/mol. The molecule has 0 fully saturated rings. The van der Waals surface area contributed by atoms with Crippen molar-refractivity contribution in [3.05, 3.63) is 0 Å². The van der Waals surface area contributed by atoms with Crippen LogP contribution in [0.1, 0.15) is 26.7 Å². The Hall–Kier alpha value is -1.30. The van der Waals surface area contributed by atoms with Crippen LogP contribution in [-0.2, 0) is 9.53 Å². The summed E-state index contributed by atoms with van der Waals surface area (Å²) in [6.07, 6.45) is 1.14. The standard InChI is InChI=1S/C11H22N2O4/c1-4-6-9(10(14)15)12-11(16)13(3)7-8-17-5-2/h9H,4-8H2,1-3H3,(H,12,16)(H,14,15)/t9-/m1/s1. The van der Waals surface area contributed by atoms with Crippen LogP contribution < -0.4 is 5.32 Å². The van der Waals surface area contributed by atoms with Crippen LogP contribution in [0.25, 0.3) is 0 Å². The van der Waals surface area contributed by atoms with Crippen LogP contribution in [0.5, 0.6) is 0 Å². The van der Waals surface area contributed by atoms with E-state index in [-0.39, 0.29) is 6.03 Å². The van der Waals surface area contributed by atoms with Crippen molar-refractivity contribution >= 4 is 12.0 Å². The smallest absolute Gasteiger partial charge is 0.326 e. The van der Waals surface area contributed by atoms with E-state index in [1.165, 1.54) is 4.90 Å². The number of ether oxygens (including phenoxy) is 1. The molecule has 0 aromatic heterocycles. The maximum absolute atomic E-state index is 11.6. The summed E-state index contributed by atoms with van der Waals surface area (Å²) < 4.78 is 5.12. The topological polar surface area (TPSA) is 78.9 Å². The highest BCUT2D eigenvalue weighted by atomic mass is 16.5. The van der Waals surface area contributed by atoms with Crippen LogP contribution in [0, 0.1) is 0 Å². The zero-order valence-electron chi connectivity index (χ0n) is 10.7. The first kappa shape index (κ1) is 15.7. The van der Waals surface area contributed by atoms with Gasteiger partial charge in [-0.1, -0.05) is 13.3 Å². The Kier molecular flexibility index (Phi) is 8.13. The van der Waals surface area contributed by atoms with Gasteiger partial charge < -0.3 is 20.1 Å². The van der Waals surface area contributed by atoms with E-state index in [0.717, 1.165) is 0 Å². The predicted molar refractivity (Wildman–Crippen MR) is 64.0 cm³/mol. The molecule has 6 nitrogen and oxygen atoms in total. The van der Waals surface area contributed by atoms with Crippen LogP contribution >= 0.6 is 0 Å². The number of urea groups is 1. The lowest BCUT2D eigenvalue weighted by atomic mass is 10.2. The SMILES string of the molecule is CCC[C@@H](NC(=O)N(C)CCOCC)C(=O)O. The molecule has 6 heteroatoms. The number of hydrogen-bond donors (Lipinski definition) is 2. The van der Waals surface area contributed by atoms with Gasteiger partial charge in [0.15, 0.2) is 0 Å². The van der Waals surface area contributed by atoms with Gasteiger partial charge in [0.1, 0.15) is 6.04 Å². The number of carboxylic acid groups (broad SMARTS) is 1. The third-order valence-electron chi connectivity index (χ3n) is 2.30. The summed E-state index contributed by atoms with van der Waals surface area (Å²) in [5.74, 6) is -1.00. The van der Waals surface area contributed by atoms with Gasteiger partial charge in [-0.25, -0.2) is 9.59 Å². The Bertz CT molecular complexity index is 246. The number of carboxylic acids is 1. The number of nitrogens with zero attached hydrogens (tertiary/aromatic N) is 1. The van der Waals surface area contributed by atoms with Crippen molar-refractivity contribution in [2.24, 2.45) is 0 Å². The van der Waals surface area contributed by atoms with Crippen molar-refractivity contribution in [3.63, 3.8) is 0 Å². The Balaban J connectivity index is 4.06. The molecule has 100 valence electrons. The number of carbonyl (C=O) groups excluding carboxylic acids is 1. The largest absolute Gasteiger partial charge is 0.480 e. The van der Waals surface area contributed by atoms with Gasteiger partial charge in [-0.3, -0.25) is 0 Å². The van der Waals surface area contributed by atoms with Crippen molar-refractivity contribution in [2.45, 2.75) is 32.7 Å². The zero-order valence-corrected chi connectivity index (χ0v) is 10.7. The third-order valence-corrected chi connectivity index (χ3v) is 2.30. The fourth-order valence-electron chi connectivity index (χ4n) is 1.25. The van der Waals surface area contributed by atoms with E-state index in [0.29, 0.717) is 32.6 Å². The van der Waals surface area contributed by atoms with Gasteiger partial charge in [0.2, 0.25) is 0 Å². The van der Waals surface area contributed by atoms with E-state index < -0.39 is 12.0 Å². The molecule has 0 rings (SSSR count).